The number of hydrogen-bond donors (Lipinski definition) is 2. The molecule has 51 heavy (non-hydrogen) atoms. The van der Waals surface area contributed by atoms with Crippen molar-refractivity contribution in [2.75, 3.05) is 0 Å². The highest BCUT2D eigenvalue weighted by atomic mass is 19.3. The molecule has 4 aromatic rings. The highest BCUT2D eigenvalue weighted by Crippen LogP contribution is 2.40. The van der Waals surface area contributed by atoms with Gasteiger partial charge in [0.25, 0.3) is 0 Å². The standard InChI is InChI=1S/C38H27F7O6/c1-21(24-10-14-28(15-11-24)50-37(44)35(40)41)30(25-6-2-22(3-7-25)18-32(46)47)20-31(26-8-4-23(5-9-26)19-33(48)49)34(39)27-12-16-29(17-13-27)51-38(45)36(42)43/h2-17H,18-20H2,1H3,(H,46,47)(H,48,49). The Labute approximate surface area is 286 Å². The molecule has 0 aliphatic heterocycles. The largest absolute Gasteiger partial charge is 0.481 e. The van der Waals surface area contributed by atoms with Gasteiger partial charge in [0.1, 0.15) is 17.3 Å². The summed E-state index contributed by atoms with van der Waals surface area (Å²) in [5.74, 6) is -3.47. The summed E-state index contributed by atoms with van der Waals surface area (Å²) in [5.41, 5.74) is 3.41. The molecule has 4 rings (SSSR count). The zero-order valence-corrected chi connectivity index (χ0v) is 26.5. The number of rotatable bonds is 14. The van der Waals surface area contributed by atoms with Crippen molar-refractivity contribution in [3.8, 4) is 11.5 Å². The van der Waals surface area contributed by atoms with E-state index in [9.17, 15) is 46.1 Å². The average molecular weight is 713 g/mol. The highest BCUT2D eigenvalue weighted by Gasteiger charge is 2.19. The van der Waals surface area contributed by atoms with E-state index in [4.69, 9.17) is 0 Å². The van der Waals surface area contributed by atoms with Gasteiger partial charge in [0.2, 0.25) is 0 Å². The van der Waals surface area contributed by atoms with Crippen LogP contribution in [0.5, 0.6) is 11.5 Å². The molecule has 0 amide bonds. The van der Waals surface area contributed by atoms with Crippen LogP contribution in [0.25, 0.3) is 22.5 Å². The maximum absolute atomic E-state index is 16.6. The number of aliphatic carboxylic acids is 2. The monoisotopic (exact) mass is 712 g/mol. The van der Waals surface area contributed by atoms with Crippen LogP contribution in [0.15, 0.2) is 121 Å². The van der Waals surface area contributed by atoms with Gasteiger partial charge in [0.05, 0.1) is 12.8 Å². The SMILES string of the molecule is CC(=C(CC(=C(F)c1ccc(OC(F)=C(F)F)cc1)c1ccc(CC(=O)O)cc1)c1ccc(CC(=O)O)cc1)c1ccc(OC(F)=C(F)F)cc1. The highest BCUT2D eigenvalue weighted by molar-refractivity contribution is 5.99. The topological polar surface area (TPSA) is 93.1 Å². The molecule has 0 aliphatic rings. The van der Waals surface area contributed by atoms with Crippen molar-refractivity contribution in [1.82, 2.24) is 0 Å². The number of carboxylic acid groups (broad SMARTS) is 2. The van der Waals surface area contributed by atoms with E-state index in [0.29, 0.717) is 39.0 Å². The normalized spacial score (nSPS) is 11.9. The second-order valence-electron chi connectivity index (χ2n) is 10.9. The molecule has 0 aromatic heterocycles. The van der Waals surface area contributed by atoms with E-state index in [1.165, 1.54) is 60.7 Å². The fourth-order valence-electron chi connectivity index (χ4n) is 5.01. The Morgan fingerprint density at radius 2 is 0.863 bits per heavy atom. The minimum atomic E-state index is -2.68. The Morgan fingerprint density at radius 1 is 0.510 bits per heavy atom. The van der Waals surface area contributed by atoms with Gasteiger partial charge in [0.15, 0.2) is 0 Å². The number of hydrogen-bond acceptors (Lipinski definition) is 4. The molecule has 0 atom stereocenters. The van der Waals surface area contributed by atoms with Crippen LogP contribution in [0.4, 0.5) is 30.7 Å². The number of carbonyl (C=O) groups is 2. The lowest BCUT2D eigenvalue weighted by atomic mass is 9.87. The minimum Gasteiger partial charge on any atom is -0.481 e. The van der Waals surface area contributed by atoms with Crippen LogP contribution in [-0.4, -0.2) is 22.2 Å². The van der Waals surface area contributed by atoms with Crippen molar-refractivity contribution in [3.05, 3.63) is 155 Å². The second-order valence-corrected chi connectivity index (χ2v) is 10.9. The fraction of sp³-hybridized carbons (Fsp3) is 0.105. The first kappa shape index (κ1) is 37.7. The van der Waals surface area contributed by atoms with Crippen LogP contribution in [0.2, 0.25) is 0 Å². The molecule has 6 nitrogen and oxygen atoms in total. The summed E-state index contributed by atoms with van der Waals surface area (Å²) in [5, 5.41) is 18.4. The fourth-order valence-corrected chi connectivity index (χ4v) is 5.01. The number of allylic oxidation sites excluding steroid dienone is 3. The van der Waals surface area contributed by atoms with Gasteiger partial charge < -0.3 is 19.7 Å². The first-order valence-electron chi connectivity index (χ1n) is 14.9. The van der Waals surface area contributed by atoms with Gasteiger partial charge in [-0.3, -0.25) is 9.59 Å². The van der Waals surface area contributed by atoms with E-state index >= 15 is 4.39 Å². The number of carboxylic acids is 2. The van der Waals surface area contributed by atoms with Crippen LogP contribution in [0.1, 0.15) is 46.7 Å². The van der Waals surface area contributed by atoms with Crippen LogP contribution in [0, 0.1) is 0 Å². The van der Waals surface area contributed by atoms with Crippen LogP contribution in [0.3, 0.4) is 0 Å². The summed E-state index contributed by atoms with van der Waals surface area (Å²) >= 11 is 0. The van der Waals surface area contributed by atoms with Gasteiger partial charge in [0, 0.05) is 17.6 Å². The lowest BCUT2D eigenvalue weighted by Gasteiger charge is -2.18. The first-order valence-corrected chi connectivity index (χ1v) is 14.9. The van der Waals surface area contributed by atoms with Crippen molar-refractivity contribution < 1.29 is 60.0 Å². The second kappa shape index (κ2) is 17.0. The number of benzene rings is 4. The Morgan fingerprint density at radius 3 is 1.24 bits per heavy atom. The lowest BCUT2D eigenvalue weighted by Crippen LogP contribution is -2.01. The molecule has 0 unspecified atom stereocenters. The molecule has 264 valence electrons. The van der Waals surface area contributed by atoms with Gasteiger partial charge in [-0.15, -0.1) is 0 Å². The van der Waals surface area contributed by atoms with E-state index in [-0.39, 0.29) is 41.9 Å². The third kappa shape index (κ3) is 10.4. The van der Waals surface area contributed by atoms with Crippen LogP contribution >= 0.6 is 0 Å². The maximum Gasteiger partial charge on any atom is 0.344 e. The Balaban J connectivity index is 1.87. The molecule has 0 spiro atoms. The van der Waals surface area contributed by atoms with Crippen molar-refractivity contribution >= 4 is 34.5 Å². The van der Waals surface area contributed by atoms with E-state index < -0.39 is 42.0 Å². The van der Waals surface area contributed by atoms with E-state index in [1.807, 2.05) is 0 Å². The molecule has 0 bridgehead atoms. The van der Waals surface area contributed by atoms with Gasteiger partial charge >= 0.3 is 36.1 Å². The lowest BCUT2D eigenvalue weighted by molar-refractivity contribution is -0.137. The molecule has 4 aromatic carbocycles. The summed E-state index contributed by atoms with van der Waals surface area (Å²) in [7, 11) is 0. The first-order chi connectivity index (χ1) is 24.2. The smallest absolute Gasteiger partial charge is 0.344 e. The predicted molar refractivity (Wildman–Crippen MR) is 175 cm³/mol. The van der Waals surface area contributed by atoms with Gasteiger partial charge in [-0.05, 0) is 82.3 Å². The summed E-state index contributed by atoms with van der Waals surface area (Å²) in [6, 6.07) is 18.4. The zero-order valence-electron chi connectivity index (χ0n) is 26.5. The van der Waals surface area contributed by atoms with Crippen molar-refractivity contribution in [1.29, 1.82) is 0 Å². The average Bonchev–Trinajstić information content (AvgIpc) is 3.09. The molecule has 0 saturated heterocycles. The quantitative estimate of drug-likeness (QED) is 0.0768. The molecule has 0 aliphatic carbocycles. The van der Waals surface area contributed by atoms with E-state index in [0.717, 1.165) is 12.1 Å². The molecular weight excluding hydrogens is 685 g/mol. The summed E-state index contributed by atoms with van der Waals surface area (Å²) in [6.45, 7) is 1.70. The van der Waals surface area contributed by atoms with Crippen molar-refractivity contribution in [2.45, 2.75) is 26.2 Å². The summed E-state index contributed by atoms with van der Waals surface area (Å²) in [4.78, 5) is 22.5. The molecule has 2 N–H and O–H groups in total. The molecule has 0 radical (unpaired) electrons. The maximum atomic E-state index is 16.6. The Bertz CT molecular complexity index is 1860. The molecule has 13 heteroatoms. The van der Waals surface area contributed by atoms with Crippen molar-refractivity contribution in [2.24, 2.45) is 0 Å². The Hall–Kier alpha value is -6.11. The number of ether oxygens (including phenoxy) is 2. The van der Waals surface area contributed by atoms with Crippen LogP contribution in [-0.2, 0) is 22.4 Å². The van der Waals surface area contributed by atoms with Gasteiger partial charge in [-0.2, -0.15) is 26.3 Å². The predicted octanol–water partition coefficient (Wildman–Crippen LogP) is 10.6. The van der Waals surface area contributed by atoms with Gasteiger partial charge in [-0.1, -0.05) is 60.7 Å². The minimum absolute atomic E-state index is 0.0393. The summed E-state index contributed by atoms with van der Waals surface area (Å²) in [6.07, 6.45) is -6.01. The molecule has 0 saturated carbocycles. The number of halogens is 7. The Kier molecular flexibility index (Phi) is 12.6. The van der Waals surface area contributed by atoms with Gasteiger partial charge in [-0.25, -0.2) is 4.39 Å². The third-order valence-electron chi connectivity index (χ3n) is 7.49. The van der Waals surface area contributed by atoms with Crippen LogP contribution < -0.4 is 9.47 Å². The van der Waals surface area contributed by atoms with E-state index in [1.54, 1.807) is 31.2 Å². The summed E-state index contributed by atoms with van der Waals surface area (Å²) < 4.78 is 103. The molecule has 0 heterocycles. The molecular formula is C38H27F7O6. The zero-order chi connectivity index (χ0) is 37.2. The van der Waals surface area contributed by atoms with E-state index in [2.05, 4.69) is 9.47 Å². The van der Waals surface area contributed by atoms with Crippen molar-refractivity contribution in [3.63, 3.8) is 0 Å². The molecule has 0 fully saturated rings. The third-order valence-corrected chi connectivity index (χ3v) is 7.49.